The highest BCUT2D eigenvalue weighted by Gasteiger charge is 1.99. The molecule has 0 aromatic heterocycles. The van der Waals surface area contributed by atoms with Crippen molar-refractivity contribution in [3.05, 3.63) is 12.3 Å². The fourth-order valence-electron chi connectivity index (χ4n) is 1.71. The van der Waals surface area contributed by atoms with Crippen molar-refractivity contribution in [3.8, 4) is 0 Å². The molecule has 0 rings (SSSR count). The lowest BCUT2D eigenvalue weighted by atomic mass is 10.1. The van der Waals surface area contributed by atoms with Gasteiger partial charge in [-0.15, -0.1) is 0 Å². The summed E-state index contributed by atoms with van der Waals surface area (Å²) in [5.41, 5.74) is 0. The molecule has 2 nitrogen and oxygen atoms in total. The van der Waals surface area contributed by atoms with E-state index in [9.17, 15) is 4.57 Å². The van der Waals surface area contributed by atoms with Crippen LogP contribution < -0.4 is 5.09 Å². The maximum atomic E-state index is 11.3. The first-order valence-electron chi connectivity index (χ1n) is 7.04. The third-order valence-electron chi connectivity index (χ3n) is 2.73. The Morgan fingerprint density at radius 1 is 0.941 bits per heavy atom. The molecule has 17 heavy (non-hydrogen) atoms. The summed E-state index contributed by atoms with van der Waals surface area (Å²) in [6, 6.07) is 0. The Kier molecular flexibility index (Phi) is 10.7. The molecule has 0 fully saturated rings. The molecule has 0 atom stereocenters. The van der Waals surface area contributed by atoms with Gasteiger partial charge in [0.25, 0.3) is 0 Å². The molecule has 3 heteroatoms. The van der Waals surface area contributed by atoms with E-state index in [1.54, 1.807) is 13.3 Å². The van der Waals surface area contributed by atoms with Crippen LogP contribution in [-0.4, -0.2) is 13.3 Å². The number of hydrogen-bond acceptors (Lipinski definition) is 1. The Labute approximate surface area is 108 Å². The van der Waals surface area contributed by atoms with Crippen molar-refractivity contribution >= 4 is 7.29 Å². The molecule has 0 aromatic rings. The molecular weight excluding hydrogens is 229 g/mol. The van der Waals surface area contributed by atoms with Crippen molar-refractivity contribution in [3.63, 3.8) is 0 Å². The summed E-state index contributed by atoms with van der Waals surface area (Å²) in [4.78, 5) is 0. The van der Waals surface area contributed by atoms with E-state index in [0.717, 1.165) is 6.42 Å². The van der Waals surface area contributed by atoms with E-state index < -0.39 is 7.29 Å². The normalized spacial score (nSPS) is 12.2. The molecule has 0 amide bonds. The highest BCUT2D eigenvalue weighted by atomic mass is 31.2. The van der Waals surface area contributed by atoms with Crippen molar-refractivity contribution < 1.29 is 4.57 Å². The summed E-state index contributed by atoms with van der Waals surface area (Å²) in [7, 11) is -2.08. The Bertz CT molecular complexity index is 232. The SMILES string of the molecule is CCCCCCCCCCC=CNP(C)(C)=O. The molecule has 0 bridgehead atoms. The average Bonchev–Trinajstić information content (AvgIpc) is 2.24. The second-order valence-electron chi connectivity index (χ2n) is 5.15. The zero-order chi connectivity index (χ0) is 13.0. The highest BCUT2D eigenvalue weighted by molar-refractivity contribution is 7.60. The van der Waals surface area contributed by atoms with Gasteiger partial charge in [0.15, 0.2) is 7.29 Å². The van der Waals surface area contributed by atoms with Gasteiger partial charge in [0, 0.05) is 13.3 Å². The van der Waals surface area contributed by atoms with Crippen molar-refractivity contribution in [2.24, 2.45) is 0 Å². The number of rotatable bonds is 11. The van der Waals surface area contributed by atoms with E-state index in [1.165, 1.54) is 51.4 Å². The molecule has 0 aliphatic carbocycles. The Hall–Kier alpha value is -0.230. The van der Waals surface area contributed by atoms with E-state index in [-0.39, 0.29) is 0 Å². The third-order valence-corrected chi connectivity index (χ3v) is 3.50. The number of hydrogen-bond donors (Lipinski definition) is 1. The monoisotopic (exact) mass is 259 g/mol. The molecule has 0 saturated heterocycles. The predicted molar refractivity (Wildman–Crippen MR) is 79.0 cm³/mol. The fourth-order valence-corrected chi connectivity index (χ4v) is 2.18. The van der Waals surface area contributed by atoms with E-state index >= 15 is 0 Å². The maximum absolute atomic E-state index is 11.3. The minimum absolute atomic E-state index is 1.10. The highest BCUT2D eigenvalue weighted by Crippen LogP contribution is 2.29. The second kappa shape index (κ2) is 10.9. The molecule has 0 saturated carbocycles. The minimum Gasteiger partial charge on any atom is -0.343 e. The number of allylic oxidation sites excluding steroid dienone is 1. The Morgan fingerprint density at radius 2 is 1.47 bits per heavy atom. The fraction of sp³-hybridized carbons (Fsp3) is 0.857. The van der Waals surface area contributed by atoms with Gasteiger partial charge in [-0.1, -0.05) is 57.9 Å². The van der Waals surface area contributed by atoms with E-state index in [2.05, 4.69) is 18.1 Å². The van der Waals surface area contributed by atoms with Crippen LogP contribution >= 0.6 is 7.29 Å². The van der Waals surface area contributed by atoms with Crippen LogP contribution in [0.4, 0.5) is 0 Å². The van der Waals surface area contributed by atoms with Gasteiger partial charge in [0.1, 0.15) is 0 Å². The average molecular weight is 259 g/mol. The first-order valence-corrected chi connectivity index (χ1v) is 9.64. The molecule has 1 N–H and O–H groups in total. The summed E-state index contributed by atoms with van der Waals surface area (Å²) in [6.07, 6.45) is 15.9. The smallest absolute Gasteiger partial charge is 0.163 e. The molecule has 0 unspecified atom stereocenters. The molecule has 0 spiro atoms. The molecule has 0 aliphatic heterocycles. The lowest BCUT2D eigenvalue weighted by Crippen LogP contribution is -1.97. The summed E-state index contributed by atoms with van der Waals surface area (Å²) in [5.74, 6) is 0. The van der Waals surface area contributed by atoms with Crippen LogP contribution in [0.1, 0.15) is 64.7 Å². The Morgan fingerprint density at radius 3 is 2.00 bits per heavy atom. The quantitative estimate of drug-likeness (QED) is 0.410. The molecule has 0 radical (unpaired) electrons. The second-order valence-corrected chi connectivity index (χ2v) is 8.11. The molecule has 0 aliphatic rings. The van der Waals surface area contributed by atoms with Crippen LogP contribution in [0.5, 0.6) is 0 Å². The molecule has 0 aromatic carbocycles. The van der Waals surface area contributed by atoms with Gasteiger partial charge in [-0.25, -0.2) is 0 Å². The van der Waals surface area contributed by atoms with Crippen molar-refractivity contribution in [2.45, 2.75) is 64.7 Å². The predicted octanol–water partition coefficient (Wildman–Crippen LogP) is 5.16. The first kappa shape index (κ1) is 16.8. The van der Waals surface area contributed by atoms with Gasteiger partial charge in [-0.05, 0) is 19.0 Å². The lowest BCUT2D eigenvalue weighted by Gasteiger charge is -2.04. The largest absolute Gasteiger partial charge is 0.343 e. The van der Waals surface area contributed by atoms with Crippen molar-refractivity contribution in [1.29, 1.82) is 0 Å². The molecule has 0 heterocycles. The van der Waals surface area contributed by atoms with Crippen LogP contribution in [0.3, 0.4) is 0 Å². The van der Waals surface area contributed by atoms with Crippen LogP contribution in [0, 0.1) is 0 Å². The summed E-state index contributed by atoms with van der Waals surface area (Å²) < 4.78 is 11.3. The van der Waals surface area contributed by atoms with Gasteiger partial charge < -0.3 is 9.65 Å². The van der Waals surface area contributed by atoms with Crippen LogP contribution in [-0.2, 0) is 4.57 Å². The maximum Gasteiger partial charge on any atom is 0.163 e. The van der Waals surface area contributed by atoms with Gasteiger partial charge in [0.05, 0.1) is 0 Å². The Balaban J connectivity index is 3.16. The third kappa shape index (κ3) is 15.8. The number of unbranched alkanes of at least 4 members (excludes halogenated alkanes) is 8. The van der Waals surface area contributed by atoms with E-state index in [1.807, 2.05) is 6.20 Å². The first-order chi connectivity index (χ1) is 8.06. The van der Waals surface area contributed by atoms with Gasteiger partial charge >= 0.3 is 0 Å². The van der Waals surface area contributed by atoms with E-state index in [4.69, 9.17) is 0 Å². The van der Waals surface area contributed by atoms with Gasteiger partial charge in [-0.2, -0.15) is 0 Å². The minimum atomic E-state index is -2.08. The standard InChI is InChI=1S/C14H30NOP/c1-4-5-6-7-8-9-10-11-12-13-14-15-17(2,3)16/h13-14H,4-12H2,1-3H3,(H,15,16). The topological polar surface area (TPSA) is 29.1 Å². The summed E-state index contributed by atoms with van der Waals surface area (Å²) in [5, 5.41) is 2.92. The van der Waals surface area contributed by atoms with Crippen LogP contribution in [0.25, 0.3) is 0 Å². The zero-order valence-electron chi connectivity index (χ0n) is 11.9. The van der Waals surface area contributed by atoms with Crippen LogP contribution in [0.2, 0.25) is 0 Å². The molecular formula is C14H30NOP. The van der Waals surface area contributed by atoms with Crippen LogP contribution in [0.15, 0.2) is 12.3 Å². The summed E-state index contributed by atoms with van der Waals surface area (Å²) >= 11 is 0. The number of nitrogens with one attached hydrogen (secondary N) is 1. The zero-order valence-corrected chi connectivity index (χ0v) is 12.8. The lowest BCUT2D eigenvalue weighted by molar-refractivity contribution is 0.576. The van der Waals surface area contributed by atoms with E-state index in [0.29, 0.717) is 0 Å². The molecule has 102 valence electrons. The van der Waals surface area contributed by atoms with Gasteiger partial charge in [0.2, 0.25) is 0 Å². The van der Waals surface area contributed by atoms with Gasteiger partial charge in [-0.3, -0.25) is 0 Å². The van der Waals surface area contributed by atoms with Crippen molar-refractivity contribution in [2.75, 3.05) is 13.3 Å². The summed E-state index contributed by atoms with van der Waals surface area (Å²) in [6.45, 7) is 5.74. The van der Waals surface area contributed by atoms with Crippen molar-refractivity contribution in [1.82, 2.24) is 5.09 Å².